The Labute approximate surface area is 154 Å². The second-order valence-corrected chi connectivity index (χ2v) is 6.17. The Morgan fingerprint density at radius 2 is 1.74 bits per heavy atom. The zero-order chi connectivity index (χ0) is 18.8. The average Bonchev–Trinajstić information content (AvgIpc) is 3.04. The SMILES string of the molecule is O=C(Nc1cccc(F)c1)c1ccc2cnn(Cc3cccc(F)c3)c2c1. The molecule has 0 unspecified atom stereocenters. The van der Waals surface area contributed by atoms with E-state index < -0.39 is 5.82 Å². The minimum Gasteiger partial charge on any atom is -0.322 e. The number of nitrogens with one attached hydrogen (secondary N) is 1. The number of aromatic nitrogens is 2. The van der Waals surface area contributed by atoms with E-state index in [2.05, 4.69) is 10.4 Å². The van der Waals surface area contributed by atoms with Crippen molar-refractivity contribution < 1.29 is 13.6 Å². The molecule has 4 nitrogen and oxygen atoms in total. The highest BCUT2D eigenvalue weighted by atomic mass is 19.1. The van der Waals surface area contributed by atoms with Crippen LogP contribution in [0.5, 0.6) is 0 Å². The van der Waals surface area contributed by atoms with Gasteiger partial charge in [0.1, 0.15) is 11.6 Å². The number of anilines is 1. The van der Waals surface area contributed by atoms with Gasteiger partial charge in [0.25, 0.3) is 5.91 Å². The molecule has 1 heterocycles. The van der Waals surface area contributed by atoms with Gasteiger partial charge < -0.3 is 5.32 Å². The molecule has 0 aliphatic heterocycles. The standard InChI is InChI=1S/C21H15F2N3O/c22-17-4-1-3-14(9-17)13-26-20-10-15(7-8-16(20)12-24-26)21(27)25-19-6-2-5-18(23)11-19/h1-12H,13H2,(H,25,27). The molecule has 4 rings (SSSR count). The van der Waals surface area contributed by atoms with Crippen LogP contribution >= 0.6 is 0 Å². The van der Waals surface area contributed by atoms with Gasteiger partial charge in [-0.3, -0.25) is 9.48 Å². The van der Waals surface area contributed by atoms with Crippen LogP contribution < -0.4 is 5.32 Å². The van der Waals surface area contributed by atoms with Crippen molar-refractivity contribution in [2.75, 3.05) is 5.32 Å². The van der Waals surface area contributed by atoms with Gasteiger partial charge in [0.2, 0.25) is 0 Å². The lowest BCUT2D eigenvalue weighted by Crippen LogP contribution is -2.12. The van der Waals surface area contributed by atoms with Crippen molar-refractivity contribution in [1.29, 1.82) is 0 Å². The predicted octanol–water partition coefficient (Wildman–Crippen LogP) is 4.62. The van der Waals surface area contributed by atoms with E-state index in [1.54, 1.807) is 41.2 Å². The van der Waals surface area contributed by atoms with Gasteiger partial charge in [-0.15, -0.1) is 0 Å². The van der Waals surface area contributed by atoms with Crippen LogP contribution in [-0.4, -0.2) is 15.7 Å². The molecule has 0 spiro atoms. The van der Waals surface area contributed by atoms with Crippen molar-refractivity contribution in [3.8, 4) is 0 Å². The van der Waals surface area contributed by atoms with E-state index in [4.69, 9.17) is 0 Å². The lowest BCUT2D eigenvalue weighted by atomic mass is 10.1. The number of nitrogens with zero attached hydrogens (tertiary/aromatic N) is 2. The molecular formula is C21H15F2N3O. The number of hydrogen-bond acceptors (Lipinski definition) is 2. The van der Waals surface area contributed by atoms with Crippen LogP contribution in [0.2, 0.25) is 0 Å². The maximum atomic E-state index is 13.4. The summed E-state index contributed by atoms with van der Waals surface area (Å²) in [6.45, 7) is 0.385. The highest BCUT2D eigenvalue weighted by Crippen LogP contribution is 2.19. The number of fused-ring (bicyclic) bond motifs is 1. The van der Waals surface area contributed by atoms with Gasteiger partial charge in [0.05, 0.1) is 18.3 Å². The number of carbonyl (C=O) groups is 1. The summed E-state index contributed by atoms with van der Waals surface area (Å²) in [5.41, 5.74) is 2.34. The van der Waals surface area contributed by atoms with E-state index >= 15 is 0 Å². The second-order valence-electron chi connectivity index (χ2n) is 6.17. The molecule has 1 aromatic heterocycles. The number of rotatable bonds is 4. The van der Waals surface area contributed by atoms with Crippen molar-refractivity contribution in [2.24, 2.45) is 0 Å². The number of benzene rings is 3. The first kappa shape index (κ1) is 16.9. The Morgan fingerprint density at radius 1 is 0.963 bits per heavy atom. The predicted molar refractivity (Wildman–Crippen MR) is 99.6 cm³/mol. The summed E-state index contributed by atoms with van der Waals surface area (Å²) in [4.78, 5) is 12.5. The molecule has 1 N–H and O–H groups in total. The van der Waals surface area contributed by atoms with Crippen LogP contribution in [0.4, 0.5) is 14.5 Å². The molecule has 0 bridgehead atoms. The molecule has 1 amide bonds. The molecule has 0 fully saturated rings. The van der Waals surface area contributed by atoms with Crippen LogP contribution in [0.1, 0.15) is 15.9 Å². The van der Waals surface area contributed by atoms with Crippen molar-refractivity contribution >= 4 is 22.5 Å². The summed E-state index contributed by atoms with van der Waals surface area (Å²) >= 11 is 0. The summed E-state index contributed by atoms with van der Waals surface area (Å²) < 4.78 is 28.4. The Morgan fingerprint density at radius 3 is 2.52 bits per heavy atom. The van der Waals surface area contributed by atoms with Crippen molar-refractivity contribution in [3.63, 3.8) is 0 Å². The summed E-state index contributed by atoms with van der Waals surface area (Å²) in [5, 5.41) is 7.87. The number of halogens is 2. The van der Waals surface area contributed by atoms with Crippen LogP contribution in [0.25, 0.3) is 10.9 Å². The first-order chi connectivity index (χ1) is 13.1. The van der Waals surface area contributed by atoms with Crippen LogP contribution in [-0.2, 0) is 6.54 Å². The Bertz CT molecular complexity index is 1140. The van der Waals surface area contributed by atoms with Crippen molar-refractivity contribution in [3.05, 3.63) is 95.7 Å². The molecular weight excluding hydrogens is 348 g/mol. The largest absolute Gasteiger partial charge is 0.322 e. The molecule has 0 atom stereocenters. The Kier molecular flexibility index (Phi) is 4.38. The topological polar surface area (TPSA) is 46.9 Å². The highest BCUT2D eigenvalue weighted by Gasteiger charge is 2.11. The van der Waals surface area contributed by atoms with E-state index in [-0.39, 0.29) is 11.7 Å². The third-order valence-electron chi connectivity index (χ3n) is 4.21. The molecule has 3 aromatic carbocycles. The minimum absolute atomic E-state index is 0.306. The van der Waals surface area contributed by atoms with E-state index in [9.17, 15) is 13.6 Å². The van der Waals surface area contributed by atoms with Gasteiger partial charge in [-0.05, 0) is 48.0 Å². The van der Waals surface area contributed by atoms with E-state index in [0.717, 1.165) is 16.5 Å². The normalized spacial score (nSPS) is 10.9. The average molecular weight is 363 g/mol. The lowest BCUT2D eigenvalue weighted by Gasteiger charge is -2.07. The molecule has 0 saturated carbocycles. The summed E-state index contributed by atoms with van der Waals surface area (Å²) in [6.07, 6.45) is 1.70. The van der Waals surface area contributed by atoms with Crippen molar-refractivity contribution in [2.45, 2.75) is 6.54 Å². The third-order valence-corrected chi connectivity index (χ3v) is 4.21. The Hall–Kier alpha value is -3.54. The molecule has 0 aliphatic rings. The van der Waals surface area contributed by atoms with Gasteiger partial charge in [0.15, 0.2) is 0 Å². The number of carbonyl (C=O) groups excluding carboxylic acids is 1. The second kappa shape index (κ2) is 6.99. The molecule has 6 heteroatoms. The highest BCUT2D eigenvalue weighted by molar-refractivity contribution is 6.06. The maximum absolute atomic E-state index is 13.4. The van der Waals surface area contributed by atoms with Gasteiger partial charge in [-0.1, -0.05) is 24.3 Å². The Balaban J connectivity index is 1.62. The van der Waals surface area contributed by atoms with Gasteiger partial charge in [-0.2, -0.15) is 5.10 Å². The first-order valence-corrected chi connectivity index (χ1v) is 8.35. The minimum atomic E-state index is -0.420. The lowest BCUT2D eigenvalue weighted by molar-refractivity contribution is 0.102. The first-order valence-electron chi connectivity index (χ1n) is 8.35. The fraction of sp³-hybridized carbons (Fsp3) is 0.0476. The number of amides is 1. The molecule has 4 aromatic rings. The fourth-order valence-corrected chi connectivity index (χ4v) is 2.92. The van der Waals surface area contributed by atoms with Crippen LogP contribution in [0, 0.1) is 11.6 Å². The maximum Gasteiger partial charge on any atom is 0.255 e. The summed E-state index contributed by atoms with van der Waals surface area (Å²) in [5.74, 6) is -1.07. The zero-order valence-electron chi connectivity index (χ0n) is 14.2. The van der Waals surface area contributed by atoms with Gasteiger partial charge in [0, 0.05) is 16.6 Å². The van der Waals surface area contributed by atoms with Crippen molar-refractivity contribution in [1.82, 2.24) is 9.78 Å². The smallest absolute Gasteiger partial charge is 0.255 e. The van der Waals surface area contributed by atoms with E-state index in [0.29, 0.717) is 17.8 Å². The van der Waals surface area contributed by atoms with E-state index in [1.807, 2.05) is 6.07 Å². The zero-order valence-corrected chi connectivity index (χ0v) is 14.2. The summed E-state index contributed by atoms with van der Waals surface area (Å²) in [7, 11) is 0. The fourth-order valence-electron chi connectivity index (χ4n) is 2.92. The van der Waals surface area contributed by atoms with Crippen LogP contribution in [0.3, 0.4) is 0 Å². The van der Waals surface area contributed by atoms with Crippen LogP contribution in [0.15, 0.2) is 72.9 Å². The monoisotopic (exact) mass is 363 g/mol. The van der Waals surface area contributed by atoms with E-state index in [1.165, 1.54) is 30.3 Å². The molecule has 0 radical (unpaired) electrons. The van der Waals surface area contributed by atoms with Gasteiger partial charge >= 0.3 is 0 Å². The van der Waals surface area contributed by atoms with Gasteiger partial charge in [-0.25, -0.2) is 8.78 Å². The molecule has 134 valence electrons. The number of hydrogen-bond donors (Lipinski definition) is 1. The molecule has 27 heavy (non-hydrogen) atoms. The quantitative estimate of drug-likeness (QED) is 0.575. The molecule has 0 aliphatic carbocycles. The molecule has 0 saturated heterocycles. The third kappa shape index (κ3) is 3.69. The summed E-state index contributed by atoms with van der Waals surface area (Å²) in [6, 6.07) is 17.2.